The van der Waals surface area contributed by atoms with Crippen LogP contribution in [0.2, 0.25) is 0 Å². The van der Waals surface area contributed by atoms with Crippen LogP contribution in [0.25, 0.3) is 0 Å². The summed E-state index contributed by atoms with van der Waals surface area (Å²) < 4.78 is 0. The van der Waals surface area contributed by atoms with Crippen molar-refractivity contribution in [3.8, 4) is 0 Å². The normalized spacial score (nSPS) is 10.2. The number of hydrogen-bond donors (Lipinski definition) is 2. The molecule has 0 saturated carbocycles. The molecule has 0 atom stereocenters. The number of nitrogens with one attached hydrogen (secondary N) is 2. The highest BCUT2D eigenvalue weighted by molar-refractivity contribution is 6.07. The van der Waals surface area contributed by atoms with E-state index in [1.54, 1.807) is 6.20 Å². The molecule has 0 spiro atoms. The highest BCUT2D eigenvalue weighted by Gasteiger charge is 2.12. The van der Waals surface area contributed by atoms with E-state index in [0.717, 1.165) is 35.6 Å². The molecule has 0 aliphatic rings. The van der Waals surface area contributed by atoms with Crippen molar-refractivity contribution < 1.29 is 4.79 Å². The molecule has 4 heteroatoms. The van der Waals surface area contributed by atoms with Gasteiger partial charge in [-0.25, -0.2) is 0 Å². The van der Waals surface area contributed by atoms with E-state index in [-0.39, 0.29) is 5.91 Å². The number of amides is 1. The second kappa shape index (κ2) is 6.88. The Morgan fingerprint density at radius 3 is 2.76 bits per heavy atom. The van der Waals surface area contributed by atoms with Crippen molar-refractivity contribution in [3.05, 3.63) is 53.3 Å². The van der Waals surface area contributed by atoms with Crippen LogP contribution in [0.5, 0.6) is 0 Å². The van der Waals surface area contributed by atoms with Gasteiger partial charge in [0.15, 0.2) is 0 Å². The van der Waals surface area contributed by atoms with E-state index in [9.17, 15) is 4.79 Å². The first-order valence-corrected chi connectivity index (χ1v) is 7.18. The molecule has 2 aromatic rings. The summed E-state index contributed by atoms with van der Waals surface area (Å²) in [5, 5.41) is 6.20. The van der Waals surface area contributed by atoms with Crippen molar-refractivity contribution in [1.82, 2.24) is 4.98 Å². The molecule has 0 fully saturated rings. The number of carbonyl (C=O) groups is 1. The SMILES string of the molecule is CCCNc1cc(C)ncc1C(=O)Nc1cccc(C)c1. The number of carbonyl (C=O) groups excluding carboxylic acids is 1. The molecule has 0 unspecified atom stereocenters. The average Bonchev–Trinajstić information content (AvgIpc) is 2.45. The second-order valence-corrected chi connectivity index (χ2v) is 5.12. The molecule has 1 aromatic carbocycles. The number of hydrogen-bond acceptors (Lipinski definition) is 3. The molecule has 2 rings (SSSR count). The number of aromatic nitrogens is 1. The van der Waals surface area contributed by atoms with E-state index in [1.807, 2.05) is 44.2 Å². The number of benzene rings is 1. The van der Waals surface area contributed by atoms with Gasteiger partial charge in [-0.3, -0.25) is 9.78 Å². The van der Waals surface area contributed by atoms with Crippen molar-refractivity contribution in [2.45, 2.75) is 27.2 Å². The molecule has 1 aromatic heterocycles. The Hall–Kier alpha value is -2.36. The van der Waals surface area contributed by atoms with Crippen LogP contribution in [0.3, 0.4) is 0 Å². The fraction of sp³-hybridized carbons (Fsp3) is 0.294. The number of nitrogens with zero attached hydrogens (tertiary/aromatic N) is 1. The van der Waals surface area contributed by atoms with Gasteiger partial charge in [0.1, 0.15) is 0 Å². The van der Waals surface area contributed by atoms with Crippen LogP contribution in [0, 0.1) is 13.8 Å². The van der Waals surface area contributed by atoms with Crippen molar-refractivity contribution in [3.63, 3.8) is 0 Å². The first-order valence-electron chi connectivity index (χ1n) is 7.18. The molecule has 110 valence electrons. The standard InChI is InChI=1S/C17H21N3O/c1-4-8-18-16-10-13(3)19-11-15(16)17(21)20-14-7-5-6-12(2)9-14/h5-7,9-11H,4,8H2,1-3H3,(H,18,19)(H,20,21). The minimum absolute atomic E-state index is 0.147. The lowest BCUT2D eigenvalue weighted by atomic mass is 10.1. The maximum atomic E-state index is 12.4. The summed E-state index contributed by atoms with van der Waals surface area (Å²) in [5.74, 6) is -0.147. The summed E-state index contributed by atoms with van der Waals surface area (Å²) >= 11 is 0. The number of pyridine rings is 1. The fourth-order valence-corrected chi connectivity index (χ4v) is 2.07. The summed E-state index contributed by atoms with van der Waals surface area (Å²) in [6, 6.07) is 9.65. The quantitative estimate of drug-likeness (QED) is 0.878. The topological polar surface area (TPSA) is 54.0 Å². The summed E-state index contributed by atoms with van der Waals surface area (Å²) in [7, 11) is 0. The summed E-state index contributed by atoms with van der Waals surface area (Å²) in [4.78, 5) is 16.7. The fourth-order valence-electron chi connectivity index (χ4n) is 2.07. The van der Waals surface area contributed by atoms with Gasteiger partial charge in [-0.2, -0.15) is 0 Å². The van der Waals surface area contributed by atoms with Crippen molar-refractivity contribution in [2.75, 3.05) is 17.2 Å². The maximum absolute atomic E-state index is 12.4. The third-order valence-electron chi connectivity index (χ3n) is 3.13. The highest BCUT2D eigenvalue weighted by atomic mass is 16.1. The molecule has 2 N–H and O–H groups in total. The minimum atomic E-state index is -0.147. The summed E-state index contributed by atoms with van der Waals surface area (Å²) in [6.07, 6.45) is 2.62. The highest BCUT2D eigenvalue weighted by Crippen LogP contribution is 2.18. The van der Waals surface area contributed by atoms with Crippen LogP contribution in [0.1, 0.15) is 35.0 Å². The van der Waals surface area contributed by atoms with Gasteiger partial charge in [-0.15, -0.1) is 0 Å². The Morgan fingerprint density at radius 2 is 2.05 bits per heavy atom. The molecule has 0 aliphatic carbocycles. The molecule has 0 radical (unpaired) electrons. The Balaban J connectivity index is 2.22. The van der Waals surface area contributed by atoms with Gasteiger partial charge in [0.2, 0.25) is 0 Å². The van der Waals surface area contributed by atoms with E-state index in [4.69, 9.17) is 0 Å². The molecular formula is C17H21N3O. The van der Waals surface area contributed by atoms with Crippen LogP contribution in [0.4, 0.5) is 11.4 Å². The maximum Gasteiger partial charge on any atom is 0.259 e. The Kier molecular flexibility index (Phi) is 4.93. The zero-order valence-corrected chi connectivity index (χ0v) is 12.7. The van der Waals surface area contributed by atoms with Crippen molar-refractivity contribution >= 4 is 17.3 Å². The van der Waals surface area contributed by atoms with E-state index < -0.39 is 0 Å². The van der Waals surface area contributed by atoms with Gasteiger partial charge < -0.3 is 10.6 Å². The van der Waals surface area contributed by atoms with Crippen molar-refractivity contribution in [2.24, 2.45) is 0 Å². The molecule has 0 aliphatic heterocycles. The first kappa shape index (κ1) is 15.0. The molecule has 0 saturated heterocycles. The zero-order chi connectivity index (χ0) is 15.2. The third kappa shape index (κ3) is 4.05. The molecular weight excluding hydrogens is 262 g/mol. The zero-order valence-electron chi connectivity index (χ0n) is 12.7. The monoisotopic (exact) mass is 283 g/mol. The Labute approximate surface area is 125 Å². The lowest BCUT2D eigenvalue weighted by Crippen LogP contribution is -2.16. The number of rotatable bonds is 5. The van der Waals surface area contributed by atoms with Gasteiger partial charge >= 0.3 is 0 Å². The minimum Gasteiger partial charge on any atom is -0.384 e. The number of aryl methyl sites for hydroxylation is 2. The molecule has 1 heterocycles. The molecule has 1 amide bonds. The average molecular weight is 283 g/mol. The molecule has 4 nitrogen and oxygen atoms in total. The van der Waals surface area contributed by atoms with Crippen molar-refractivity contribution in [1.29, 1.82) is 0 Å². The van der Waals surface area contributed by atoms with Gasteiger partial charge in [0.05, 0.1) is 11.3 Å². The predicted molar refractivity (Wildman–Crippen MR) is 86.9 cm³/mol. The van der Waals surface area contributed by atoms with Crippen LogP contribution in [-0.4, -0.2) is 17.4 Å². The third-order valence-corrected chi connectivity index (χ3v) is 3.13. The van der Waals surface area contributed by atoms with Gasteiger partial charge in [0.25, 0.3) is 5.91 Å². The van der Waals surface area contributed by atoms with Gasteiger partial charge in [-0.05, 0) is 44.0 Å². The van der Waals surface area contributed by atoms with Gasteiger partial charge in [0, 0.05) is 24.1 Å². The van der Waals surface area contributed by atoms with Crippen LogP contribution < -0.4 is 10.6 Å². The van der Waals surface area contributed by atoms with E-state index in [1.165, 1.54) is 0 Å². The molecule has 21 heavy (non-hydrogen) atoms. The van der Waals surface area contributed by atoms with E-state index in [2.05, 4.69) is 22.5 Å². The second-order valence-electron chi connectivity index (χ2n) is 5.12. The Bertz CT molecular complexity index is 638. The van der Waals surface area contributed by atoms with Crippen LogP contribution in [-0.2, 0) is 0 Å². The predicted octanol–water partition coefficient (Wildman–Crippen LogP) is 3.77. The molecule has 0 bridgehead atoms. The van der Waals surface area contributed by atoms with E-state index in [0.29, 0.717) is 5.56 Å². The Morgan fingerprint density at radius 1 is 1.24 bits per heavy atom. The van der Waals surface area contributed by atoms with E-state index >= 15 is 0 Å². The largest absolute Gasteiger partial charge is 0.384 e. The summed E-state index contributed by atoms with van der Waals surface area (Å²) in [6.45, 7) is 6.83. The lowest BCUT2D eigenvalue weighted by Gasteiger charge is -2.12. The van der Waals surface area contributed by atoms with Crippen LogP contribution >= 0.6 is 0 Å². The number of anilines is 2. The van der Waals surface area contributed by atoms with Gasteiger partial charge in [-0.1, -0.05) is 19.1 Å². The first-order chi connectivity index (χ1) is 10.1. The van der Waals surface area contributed by atoms with Crippen LogP contribution in [0.15, 0.2) is 36.5 Å². The smallest absolute Gasteiger partial charge is 0.259 e. The lowest BCUT2D eigenvalue weighted by molar-refractivity contribution is 0.102. The summed E-state index contributed by atoms with van der Waals surface area (Å²) in [5.41, 5.74) is 4.19.